The molecule has 0 aliphatic carbocycles. The molecule has 1 aliphatic rings. The predicted octanol–water partition coefficient (Wildman–Crippen LogP) is 2.44. The summed E-state index contributed by atoms with van der Waals surface area (Å²) in [5.74, 6) is 0.0523. The van der Waals surface area contributed by atoms with E-state index >= 15 is 0 Å². The molecular weight excluding hydrogens is 272 g/mol. The van der Waals surface area contributed by atoms with Gasteiger partial charge >= 0.3 is 11.9 Å². The summed E-state index contributed by atoms with van der Waals surface area (Å²) in [6.45, 7) is 4.38. The second-order valence-corrected chi connectivity index (χ2v) is 5.10. The van der Waals surface area contributed by atoms with Gasteiger partial charge in [-0.2, -0.15) is 0 Å². The Morgan fingerprint density at radius 2 is 2.10 bits per heavy atom. The molecule has 0 amide bonds. The zero-order chi connectivity index (χ0) is 15.2. The normalized spacial score (nSPS) is 19.0. The molecule has 0 N–H and O–H groups in total. The molecule has 2 unspecified atom stereocenters. The highest BCUT2D eigenvalue weighted by Gasteiger charge is 2.30. The van der Waals surface area contributed by atoms with Crippen LogP contribution in [-0.2, 0) is 19.1 Å². The first-order valence-electron chi connectivity index (χ1n) is 7.19. The first-order valence-corrected chi connectivity index (χ1v) is 7.19. The fraction of sp³-hybridized carbons (Fsp3) is 0.500. The molecular formula is C16H20O5. The average Bonchev–Trinajstić information content (AvgIpc) is 2.90. The maximum absolute atomic E-state index is 11.6. The van der Waals surface area contributed by atoms with Crippen molar-refractivity contribution >= 4 is 11.9 Å². The van der Waals surface area contributed by atoms with Crippen LogP contribution in [0.15, 0.2) is 24.3 Å². The van der Waals surface area contributed by atoms with Crippen LogP contribution in [0.4, 0.5) is 0 Å². The molecule has 0 spiro atoms. The zero-order valence-corrected chi connectivity index (χ0v) is 12.3. The molecule has 1 saturated heterocycles. The lowest BCUT2D eigenvalue weighted by atomic mass is 9.99. The van der Waals surface area contributed by atoms with E-state index in [1.54, 1.807) is 0 Å². The summed E-state index contributed by atoms with van der Waals surface area (Å²) in [6, 6.07) is 7.64. The van der Waals surface area contributed by atoms with Crippen molar-refractivity contribution in [2.45, 2.75) is 38.7 Å². The van der Waals surface area contributed by atoms with Crippen LogP contribution < -0.4 is 4.74 Å². The highest BCUT2D eigenvalue weighted by atomic mass is 16.6. The number of carbonyl (C=O) groups is 2. The van der Waals surface area contributed by atoms with Gasteiger partial charge in [0.05, 0.1) is 6.61 Å². The summed E-state index contributed by atoms with van der Waals surface area (Å²) >= 11 is 0. The highest BCUT2D eigenvalue weighted by Crippen LogP contribution is 2.21. The van der Waals surface area contributed by atoms with E-state index in [0.29, 0.717) is 24.7 Å². The molecule has 5 heteroatoms. The summed E-state index contributed by atoms with van der Waals surface area (Å²) in [5.41, 5.74) is 1.24. The maximum Gasteiger partial charge on any atom is 0.347 e. The standard InChI is InChI=1S/C16H20O5/c1-3-11(2)12-4-6-13(7-5-12)20-10-15(17)21-14-8-9-19-16(14)18/h4-7,11,14H,3,8-10H2,1-2H3. The third-order valence-electron chi connectivity index (χ3n) is 3.58. The molecule has 2 rings (SSSR count). The van der Waals surface area contributed by atoms with Crippen LogP contribution in [0, 0.1) is 0 Å². The van der Waals surface area contributed by atoms with Gasteiger partial charge in [-0.3, -0.25) is 0 Å². The smallest absolute Gasteiger partial charge is 0.347 e. The highest BCUT2D eigenvalue weighted by molar-refractivity contribution is 5.81. The quantitative estimate of drug-likeness (QED) is 0.754. The summed E-state index contributed by atoms with van der Waals surface area (Å²) in [7, 11) is 0. The molecule has 1 aromatic carbocycles. The lowest BCUT2D eigenvalue weighted by Gasteiger charge is -2.11. The van der Waals surface area contributed by atoms with E-state index in [4.69, 9.17) is 14.2 Å². The average molecular weight is 292 g/mol. The van der Waals surface area contributed by atoms with Crippen LogP contribution in [0.25, 0.3) is 0 Å². The van der Waals surface area contributed by atoms with Crippen LogP contribution in [0.5, 0.6) is 5.75 Å². The van der Waals surface area contributed by atoms with Crippen molar-refractivity contribution in [1.82, 2.24) is 0 Å². The van der Waals surface area contributed by atoms with Crippen LogP contribution in [0.2, 0.25) is 0 Å². The van der Waals surface area contributed by atoms with Crippen molar-refractivity contribution in [3.8, 4) is 5.75 Å². The minimum atomic E-state index is -0.783. The Hall–Kier alpha value is -2.04. The van der Waals surface area contributed by atoms with Gasteiger partial charge in [0.25, 0.3) is 0 Å². The van der Waals surface area contributed by atoms with Gasteiger partial charge in [-0.1, -0.05) is 26.0 Å². The Kier molecular flexibility index (Phi) is 5.20. The number of esters is 2. The van der Waals surface area contributed by atoms with Crippen LogP contribution >= 0.6 is 0 Å². The van der Waals surface area contributed by atoms with E-state index in [-0.39, 0.29) is 6.61 Å². The predicted molar refractivity (Wildman–Crippen MR) is 76.1 cm³/mol. The molecule has 114 valence electrons. The first kappa shape index (κ1) is 15.4. The van der Waals surface area contributed by atoms with Gasteiger partial charge in [0.15, 0.2) is 6.61 Å². The van der Waals surface area contributed by atoms with Gasteiger partial charge < -0.3 is 14.2 Å². The maximum atomic E-state index is 11.6. The molecule has 1 aliphatic heterocycles. The van der Waals surface area contributed by atoms with Gasteiger partial charge in [-0.25, -0.2) is 9.59 Å². The molecule has 21 heavy (non-hydrogen) atoms. The van der Waals surface area contributed by atoms with Gasteiger partial charge in [-0.05, 0) is 30.0 Å². The number of benzene rings is 1. The Balaban J connectivity index is 1.79. The number of hydrogen-bond acceptors (Lipinski definition) is 5. The van der Waals surface area contributed by atoms with Crippen molar-refractivity contribution in [3.05, 3.63) is 29.8 Å². The van der Waals surface area contributed by atoms with E-state index < -0.39 is 18.0 Å². The van der Waals surface area contributed by atoms with Crippen molar-refractivity contribution in [2.75, 3.05) is 13.2 Å². The Morgan fingerprint density at radius 3 is 2.67 bits per heavy atom. The molecule has 0 radical (unpaired) electrons. The first-order chi connectivity index (χ1) is 10.1. The number of carbonyl (C=O) groups excluding carboxylic acids is 2. The van der Waals surface area contributed by atoms with Crippen LogP contribution in [-0.4, -0.2) is 31.3 Å². The van der Waals surface area contributed by atoms with Crippen molar-refractivity contribution in [3.63, 3.8) is 0 Å². The molecule has 1 fully saturated rings. The third-order valence-corrected chi connectivity index (χ3v) is 3.58. The second kappa shape index (κ2) is 7.11. The summed E-state index contributed by atoms with van der Waals surface area (Å²) < 4.78 is 15.1. The van der Waals surface area contributed by atoms with E-state index in [1.807, 2.05) is 24.3 Å². The fourth-order valence-electron chi connectivity index (χ4n) is 2.05. The van der Waals surface area contributed by atoms with Crippen molar-refractivity contribution < 1.29 is 23.8 Å². The monoisotopic (exact) mass is 292 g/mol. The van der Waals surface area contributed by atoms with Crippen LogP contribution in [0.3, 0.4) is 0 Å². The number of cyclic esters (lactones) is 1. The van der Waals surface area contributed by atoms with E-state index in [2.05, 4.69) is 13.8 Å². The lowest BCUT2D eigenvalue weighted by molar-refractivity contribution is -0.161. The Labute approximate surface area is 124 Å². The summed E-state index contributed by atoms with van der Waals surface area (Å²) in [6.07, 6.45) is 0.701. The van der Waals surface area contributed by atoms with Crippen molar-refractivity contribution in [2.24, 2.45) is 0 Å². The SMILES string of the molecule is CCC(C)c1ccc(OCC(=O)OC2CCOC2=O)cc1. The summed E-state index contributed by atoms with van der Waals surface area (Å²) in [5, 5.41) is 0. The third kappa shape index (κ3) is 4.21. The van der Waals surface area contributed by atoms with Crippen LogP contribution in [0.1, 0.15) is 38.2 Å². The molecule has 1 aromatic rings. The minimum Gasteiger partial charge on any atom is -0.482 e. The molecule has 2 atom stereocenters. The topological polar surface area (TPSA) is 61.8 Å². The number of hydrogen-bond donors (Lipinski definition) is 0. The van der Waals surface area contributed by atoms with E-state index in [0.717, 1.165) is 6.42 Å². The van der Waals surface area contributed by atoms with Gasteiger partial charge in [0.2, 0.25) is 6.10 Å². The number of rotatable bonds is 6. The molecule has 0 bridgehead atoms. The van der Waals surface area contributed by atoms with Gasteiger partial charge in [-0.15, -0.1) is 0 Å². The lowest BCUT2D eigenvalue weighted by Crippen LogP contribution is -2.26. The fourth-order valence-corrected chi connectivity index (χ4v) is 2.05. The molecule has 5 nitrogen and oxygen atoms in total. The molecule has 0 aromatic heterocycles. The van der Waals surface area contributed by atoms with Gasteiger partial charge in [0, 0.05) is 6.42 Å². The summed E-state index contributed by atoms with van der Waals surface area (Å²) in [4.78, 5) is 22.8. The zero-order valence-electron chi connectivity index (χ0n) is 12.3. The molecule has 1 heterocycles. The van der Waals surface area contributed by atoms with E-state index in [1.165, 1.54) is 5.56 Å². The number of ether oxygens (including phenoxy) is 3. The van der Waals surface area contributed by atoms with E-state index in [9.17, 15) is 9.59 Å². The largest absolute Gasteiger partial charge is 0.482 e. The molecule has 0 saturated carbocycles. The Bertz CT molecular complexity index is 494. The van der Waals surface area contributed by atoms with Gasteiger partial charge in [0.1, 0.15) is 5.75 Å². The van der Waals surface area contributed by atoms with Crippen molar-refractivity contribution in [1.29, 1.82) is 0 Å². The minimum absolute atomic E-state index is 0.216. The second-order valence-electron chi connectivity index (χ2n) is 5.10. The Morgan fingerprint density at radius 1 is 1.38 bits per heavy atom.